The smallest absolute Gasteiger partial charge is 0.218 e. The number of benzene rings is 2. The zero-order chi connectivity index (χ0) is 16.8. The highest BCUT2D eigenvalue weighted by molar-refractivity contribution is 6.30. The largest absolute Gasteiger partial charge is 0.493 e. The standard InChI is InChI=1S/C17H17ClN4O2/c1-23-15-7-3-5-13(9-19-17-20-11-21-22-17)16(15)24-10-12-4-2-6-14(18)8-12/h2-8,11H,9-10H2,1H3,(H2,19,20,21,22). The van der Waals surface area contributed by atoms with Crippen molar-refractivity contribution >= 4 is 17.5 Å². The molecule has 0 atom stereocenters. The predicted octanol–water partition coefficient (Wildman–Crippen LogP) is 3.66. The second-order valence-corrected chi connectivity index (χ2v) is 5.49. The highest BCUT2D eigenvalue weighted by Gasteiger charge is 2.11. The Hall–Kier alpha value is -2.73. The first-order chi connectivity index (χ1) is 11.8. The van der Waals surface area contributed by atoms with E-state index in [2.05, 4.69) is 20.5 Å². The molecule has 6 nitrogen and oxygen atoms in total. The molecular weight excluding hydrogens is 328 g/mol. The first-order valence-electron chi connectivity index (χ1n) is 7.38. The van der Waals surface area contributed by atoms with Crippen LogP contribution in [0.25, 0.3) is 0 Å². The molecule has 1 aromatic heterocycles. The van der Waals surface area contributed by atoms with Gasteiger partial charge in [-0.05, 0) is 23.8 Å². The molecule has 24 heavy (non-hydrogen) atoms. The van der Waals surface area contributed by atoms with Gasteiger partial charge in [0, 0.05) is 17.1 Å². The lowest BCUT2D eigenvalue weighted by molar-refractivity contribution is 0.281. The monoisotopic (exact) mass is 344 g/mol. The highest BCUT2D eigenvalue weighted by Crippen LogP contribution is 2.32. The molecule has 0 spiro atoms. The van der Waals surface area contributed by atoms with Crippen LogP contribution in [0.2, 0.25) is 5.02 Å². The molecule has 0 aliphatic rings. The van der Waals surface area contributed by atoms with Gasteiger partial charge in [-0.25, -0.2) is 10.1 Å². The molecule has 124 valence electrons. The molecule has 0 saturated carbocycles. The van der Waals surface area contributed by atoms with Crippen LogP contribution in [-0.4, -0.2) is 22.3 Å². The van der Waals surface area contributed by atoms with Gasteiger partial charge in [0.05, 0.1) is 7.11 Å². The van der Waals surface area contributed by atoms with Crippen molar-refractivity contribution in [3.8, 4) is 11.5 Å². The number of nitrogens with one attached hydrogen (secondary N) is 2. The Balaban J connectivity index is 1.76. The first-order valence-corrected chi connectivity index (χ1v) is 7.76. The van der Waals surface area contributed by atoms with Gasteiger partial charge in [0.2, 0.25) is 5.95 Å². The lowest BCUT2D eigenvalue weighted by atomic mass is 10.1. The Kier molecular flexibility index (Phi) is 5.18. The fraction of sp³-hybridized carbons (Fsp3) is 0.176. The average Bonchev–Trinajstić information content (AvgIpc) is 3.12. The van der Waals surface area contributed by atoms with Crippen molar-refractivity contribution in [2.75, 3.05) is 12.4 Å². The van der Waals surface area contributed by atoms with E-state index in [1.165, 1.54) is 6.33 Å². The number of rotatable bonds is 7. The lowest BCUT2D eigenvalue weighted by Gasteiger charge is -2.15. The maximum Gasteiger partial charge on any atom is 0.218 e. The van der Waals surface area contributed by atoms with Gasteiger partial charge >= 0.3 is 0 Å². The number of para-hydroxylation sites is 1. The summed E-state index contributed by atoms with van der Waals surface area (Å²) in [6, 6.07) is 13.3. The van der Waals surface area contributed by atoms with Gasteiger partial charge in [0.1, 0.15) is 12.9 Å². The van der Waals surface area contributed by atoms with E-state index < -0.39 is 0 Å². The van der Waals surface area contributed by atoms with Crippen molar-refractivity contribution < 1.29 is 9.47 Å². The van der Waals surface area contributed by atoms with Crippen LogP contribution in [0.4, 0.5) is 5.95 Å². The third-order valence-electron chi connectivity index (χ3n) is 3.41. The van der Waals surface area contributed by atoms with E-state index in [9.17, 15) is 0 Å². The van der Waals surface area contributed by atoms with E-state index in [-0.39, 0.29) is 0 Å². The molecule has 0 amide bonds. The van der Waals surface area contributed by atoms with Gasteiger partial charge in [0.15, 0.2) is 11.5 Å². The Morgan fingerprint density at radius 3 is 2.83 bits per heavy atom. The summed E-state index contributed by atoms with van der Waals surface area (Å²) in [7, 11) is 1.62. The van der Waals surface area contributed by atoms with Gasteiger partial charge in [-0.15, -0.1) is 0 Å². The summed E-state index contributed by atoms with van der Waals surface area (Å²) in [4.78, 5) is 4.04. The molecular formula is C17H17ClN4O2. The predicted molar refractivity (Wildman–Crippen MR) is 92.5 cm³/mol. The summed E-state index contributed by atoms with van der Waals surface area (Å²) >= 11 is 6.02. The van der Waals surface area contributed by atoms with Crippen LogP contribution < -0.4 is 14.8 Å². The molecule has 0 aliphatic heterocycles. The highest BCUT2D eigenvalue weighted by atomic mass is 35.5. The summed E-state index contributed by atoms with van der Waals surface area (Å²) in [5.74, 6) is 1.96. The van der Waals surface area contributed by atoms with Gasteiger partial charge in [0.25, 0.3) is 0 Å². The van der Waals surface area contributed by atoms with Gasteiger partial charge in [-0.1, -0.05) is 35.9 Å². The number of methoxy groups -OCH3 is 1. The number of hydrogen-bond donors (Lipinski definition) is 2. The minimum absolute atomic E-state index is 0.399. The van der Waals surface area contributed by atoms with Crippen LogP contribution >= 0.6 is 11.6 Å². The van der Waals surface area contributed by atoms with Crippen LogP contribution in [0.1, 0.15) is 11.1 Å². The lowest BCUT2D eigenvalue weighted by Crippen LogP contribution is -2.06. The van der Waals surface area contributed by atoms with E-state index in [1.54, 1.807) is 7.11 Å². The molecule has 3 rings (SSSR count). The third kappa shape index (κ3) is 3.97. The van der Waals surface area contributed by atoms with Crippen molar-refractivity contribution in [3.05, 3.63) is 64.9 Å². The van der Waals surface area contributed by atoms with Crippen LogP contribution in [-0.2, 0) is 13.2 Å². The van der Waals surface area contributed by atoms with E-state index in [4.69, 9.17) is 21.1 Å². The number of halogens is 1. The zero-order valence-electron chi connectivity index (χ0n) is 13.1. The van der Waals surface area contributed by atoms with Crippen LogP contribution in [0, 0.1) is 0 Å². The molecule has 1 heterocycles. The van der Waals surface area contributed by atoms with Crippen molar-refractivity contribution in [1.82, 2.24) is 15.2 Å². The van der Waals surface area contributed by atoms with E-state index >= 15 is 0 Å². The van der Waals surface area contributed by atoms with E-state index in [0.717, 1.165) is 11.1 Å². The second kappa shape index (κ2) is 7.70. The average molecular weight is 345 g/mol. The molecule has 0 bridgehead atoms. The summed E-state index contributed by atoms with van der Waals surface area (Å²) in [6.45, 7) is 0.924. The molecule has 0 saturated heterocycles. The van der Waals surface area contributed by atoms with Crippen molar-refractivity contribution in [3.63, 3.8) is 0 Å². The number of aromatic nitrogens is 3. The number of hydrogen-bond acceptors (Lipinski definition) is 5. The van der Waals surface area contributed by atoms with Crippen LogP contribution in [0.15, 0.2) is 48.8 Å². The molecule has 0 aliphatic carbocycles. The number of nitrogens with zero attached hydrogens (tertiary/aromatic N) is 2. The van der Waals surface area contributed by atoms with Crippen LogP contribution in [0.5, 0.6) is 11.5 Å². The van der Waals surface area contributed by atoms with Crippen molar-refractivity contribution in [1.29, 1.82) is 0 Å². The van der Waals surface area contributed by atoms with Gasteiger partial charge in [-0.3, -0.25) is 0 Å². The molecule has 7 heteroatoms. The molecule has 0 fully saturated rings. The summed E-state index contributed by atoms with van der Waals surface area (Å²) in [5.41, 5.74) is 1.94. The fourth-order valence-corrected chi connectivity index (χ4v) is 2.49. The quantitative estimate of drug-likeness (QED) is 0.684. The van der Waals surface area contributed by atoms with Crippen molar-refractivity contribution in [2.24, 2.45) is 0 Å². The van der Waals surface area contributed by atoms with Gasteiger partial charge in [-0.2, -0.15) is 5.10 Å². The van der Waals surface area contributed by atoms with Gasteiger partial charge < -0.3 is 14.8 Å². The number of ether oxygens (including phenoxy) is 2. The second-order valence-electron chi connectivity index (χ2n) is 5.05. The summed E-state index contributed by atoms with van der Waals surface area (Å²) in [6.07, 6.45) is 1.45. The fourth-order valence-electron chi connectivity index (χ4n) is 2.28. The van der Waals surface area contributed by atoms with E-state index in [0.29, 0.717) is 35.6 Å². The minimum atomic E-state index is 0.399. The Morgan fingerprint density at radius 2 is 2.08 bits per heavy atom. The van der Waals surface area contributed by atoms with E-state index in [1.807, 2.05) is 42.5 Å². The molecule has 0 radical (unpaired) electrons. The Morgan fingerprint density at radius 1 is 1.21 bits per heavy atom. The number of H-pyrrole nitrogens is 1. The molecule has 0 unspecified atom stereocenters. The minimum Gasteiger partial charge on any atom is -0.493 e. The third-order valence-corrected chi connectivity index (χ3v) is 3.65. The summed E-state index contributed by atoms with van der Waals surface area (Å²) in [5, 5.41) is 10.4. The topological polar surface area (TPSA) is 72.1 Å². The maximum absolute atomic E-state index is 6.02. The molecule has 2 N–H and O–H groups in total. The number of anilines is 1. The SMILES string of the molecule is COc1cccc(CNc2ncn[nH]2)c1OCc1cccc(Cl)c1. The normalized spacial score (nSPS) is 10.4. The number of aromatic amines is 1. The maximum atomic E-state index is 6.02. The first kappa shape index (κ1) is 16.1. The molecule has 2 aromatic carbocycles. The Labute approximate surface area is 144 Å². The Bertz CT molecular complexity index is 793. The summed E-state index contributed by atoms with van der Waals surface area (Å²) < 4.78 is 11.4. The molecule has 3 aromatic rings. The zero-order valence-corrected chi connectivity index (χ0v) is 13.9. The van der Waals surface area contributed by atoms with Crippen molar-refractivity contribution in [2.45, 2.75) is 13.2 Å². The van der Waals surface area contributed by atoms with Crippen LogP contribution in [0.3, 0.4) is 0 Å².